The van der Waals surface area contributed by atoms with Crippen LogP contribution in [-0.2, 0) is 0 Å². The third-order valence-electron chi connectivity index (χ3n) is 1.93. The van der Waals surface area contributed by atoms with Crippen LogP contribution in [0.3, 0.4) is 0 Å². The molecule has 5 nitrogen and oxygen atoms in total. The molecule has 0 aliphatic heterocycles. The van der Waals surface area contributed by atoms with Crippen molar-refractivity contribution in [2.45, 2.75) is 11.9 Å². The van der Waals surface area contributed by atoms with Crippen LogP contribution in [0, 0.1) is 11.3 Å². The van der Waals surface area contributed by atoms with E-state index < -0.39 is 0 Å². The highest BCUT2D eigenvalue weighted by Crippen LogP contribution is 2.24. The average molecular weight is 219 g/mol. The molecule has 0 saturated carbocycles. The van der Waals surface area contributed by atoms with E-state index >= 15 is 0 Å². The molecule has 76 valence electrons. The smallest absolute Gasteiger partial charge is 0.158 e. The summed E-state index contributed by atoms with van der Waals surface area (Å²) in [5, 5.41) is 13.7. The predicted octanol–water partition coefficient (Wildman–Crippen LogP) is 1.30. The van der Waals surface area contributed by atoms with Crippen molar-refractivity contribution < 1.29 is 0 Å². The highest BCUT2D eigenvalue weighted by Gasteiger charge is 2.12. The molecule has 0 saturated heterocycles. The molecule has 0 fully saturated rings. The summed E-state index contributed by atoms with van der Waals surface area (Å²) in [5.41, 5.74) is 6.90. The molecule has 2 aromatic rings. The number of nitrogens with two attached hydrogens (primary N) is 1. The van der Waals surface area contributed by atoms with Crippen molar-refractivity contribution in [3.05, 3.63) is 17.8 Å². The molecule has 0 amide bonds. The molecular formula is C9H9N5S. The molecule has 2 N–H and O–H groups in total. The first-order valence-electron chi connectivity index (χ1n) is 4.44. The molecule has 0 aliphatic carbocycles. The molecule has 0 aromatic carbocycles. The first-order chi connectivity index (χ1) is 7.27. The van der Waals surface area contributed by atoms with E-state index in [2.05, 4.69) is 16.2 Å². The SMILES string of the molecule is CCSc1nc2ccnn2c(N)c1C#N. The number of anilines is 1. The standard InChI is InChI=1S/C9H9N5S/c1-2-15-9-6(5-10)8(11)14-7(13-9)3-4-12-14/h3-4H,2,11H2,1H3. The van der Waals surface area contributed by atoms with Gasteiger partial charge in [-0.2, -0.15) is 14.9 Å². The fourth-order valence-electron chi connectivity index (χ4n) is 1.29. The molecule has 15 heavy (non-hydrogen) atoms. The van der Waals surface area contributed by atoms with Gasteiger partial charge in [-0.3, -0.25) is 0 Å². The number of nitrogen functional groups attached to an aromatic ring is 1. The van der Waals surface area contributed by atoms with Gasteiger partial charge in [-0.1, -0.05) is 6.92 Å². The van der Waals surface area contributed by atoms with E-state index in [1.807, 2.05) is 6.92 Å². The van der Waals surface area contributed by atoms with E-state index in [4.69, 9.17) is 11.0 Å². The van der Waals surface area contributed by atoms with E-state index in [-0.39, 0.29) is 0 Å². The highest BCUT2D eigenvalue weighted by molar-refractivity contribution is 7.99. The normalized spacial score (nSPS) is 10.4. The lowest BCUT2D eigenvalue weighted by atomic mass is 10.3. The van der Waals surface area contributed by atoms with Crippen LogP contribution in [-0.4, -0.2) is 20.4 Å². The Morgan fingerprint density at radius 2 is 2.47 bits per heavy atom. The molecule has 2 rings (SSSR count). The van der Waals surface area contributed by atoms with Crippen LogP contribution in [0.15, 0.2) is 17.3 Å². The van der Waals surface area contributed by atoms with Crippen LogP contribution in [0.5, 0.6) is 0 Å². The Morgan fingerprint density at radius 3 is 3.13 bits per heavy atom. The van der Waals surface area contributed by atoms with Gasteiger partial charge in [-0.25, -0.2) is 4.98 Å². The summed E-state index contributed by atoms with van der Waals surface area (Å²) >= 11 is 1.50. The van der Waals surface area contributed by atoms with Crippen LogP contribution in [0.25, 0.3) is 5.65 Å². The summed E-state index contributed by atoms with van der Waals surface area (Å²) < 4.78 is 1.47. The van der Waals surface area contributed by atoms with E-state index in [1.54, 1.807) is 12.3 Å². The minimum atomic E-state index is 0.350. The Bertz CT molecular complexity index is 539. The maximum absolute atomic E-state index is 9.00. The minimum Gasteiger partial charge on any atom is -0.382 e. The van der Waals surface area contributed by atoms with Crippen LogP contribution in [0.2, 0.25) is 0 Å². The Labute approximate surface area is 90.9 Å². The predicted molar refractivity (Wildman–Crippen MR) is 58.5 cm³/mol. The summed E-state index contributed by atoms with van der Waals surface area (Å²) in [7, 11) is 0. The Kier molecular flexibility index (Phi) is 2.47. The van der Waals surface area contributed by atoms with Gasteiger partial charge >= 0.3 is 0 Å². The summed E-state index contributed by atoms with van der Waals surface area (Å²) in [5.74, 6) is 1.20. The van der Waals surface area contributed by atoms with Gasteiger partial charge in [0.15, 0.2) is 5.65 Å². The lowest BCUT2D eigenvalue weighted by Gasteiger charge is -2.05. The van der Waals surface area contributed by atoms with E-state index in [0.29, 0.717) is 22.1 Å². The number of nitriles is 1. The lowest BCUT2D eigenvalue weighted by molar-refractivity contribution is 0.921. The molecule has 0 atom stereocenters. The third-order valence-corrected chi connectivity index (χ3v) is 2.79. The largest absolute Gasteiger partial charge is 0.382 e. The molecule has 0 radical (unpaired) electrons. The third kappa shape index (κ3) is 1.51. The number of hydrogen-bond acceptors (Lipinski definition) is 5. The van der Waals surface area contributed by atoms with Gasteiger partial charge in [0.1, 0.15) is 22.5 Å². The Balaban J connectivity index is 2.74. The second-order valence-electron chi connectivity index (χ2n) is 2.82. The minimum absolute atomic E-state index is 0.350. The van der Waals surface area contributed by atoms with Gasteiger partial charge in [0.05, 0.1) is 6.20 Å². The highest BCUT2D eigenvalue weighted by atomic mass is 32.2. The molecule has 2 heterocycles. The van der Waals surface area contributed by atoms with Gasteiger partial charge < -0.3 is 5.73 Å². The number of thioether (sulfide) groups is 1. The Morgan fingerprint density at radius 1 is 1.67 bits per heavy atom. The van der Waals surface area contributed by atoms with Gasteiger partial charge in [-0.15, -0.1) is 11.8 Å². The Hall–Kier alpha value is -1.74. The number of fused-ring (bicyclic) bond motifs is 1. The van der Waals surface area contributed by atoms with Crippen molar-refractivity contribution in [2.24, 2.45) is 0 Å². The lowest BCUT2D eigenvalue weighted by Crippen LogP contribution is -2.05. The van der Waals surface area contributed by atoms with Crippen molar-refractivity contribution in [2.75, 3.05) is 11.5 Å². The summed E-state index contributed by atoms with van der Waals surface area (Å²) in [6, 6.07) is 3.82. The zero-order valence-electron chi connectivity index (χ0n) is 8.14. The van der Waals surface area contributed by atoms with Crippen LogP contribution in [0.4, 0.5) is 5.82 Å². The van der Waals surface area contributed by atoms with Gasteiger partial charge in [0.25, 0.3) is 0 Å². The summed E-state index contributed by atoms with van der Waals surface area (Å²) in [6.07, 6.45) is 1.61. The number of nitrogens with zero attached hydrogens (tertiary/aromatic N) is 4. The summed E-state index contributed by atoms with van der Waals surface area (Å²) in [6.45, 7) is 2.00. The fourth-order valence-corrected chi connectivity index (χ4v) is 2.01. The van der Waals surface area contributed by atoms with Crippen molar-refractivity contribution in [3.63, 3.8) is 0 Å². The molecule has 0 spiro atoms. The van der Waals surface area contributed by atoms with E-state index in [9.17, 15) is 0 Å². The van der Waals surface area contributed by atoms with Crippen LogP contribution >= 0.6 is 11.8 Å². The zero-order valence-corrected chi connectivity index (χ0v) is 8.95. The molecular weight excluding hydrogens is 210 g/mol. The number of hydrogen-bond donors (Lipinski definition) is 1. The second-order valence-corrected chi connectivity index (χ2v) is 4.08. The quantitative estimate of drug-likeness (QED) is 0.608. The first kappa shape index (κ1) is 9.80. The maximum atomic E-state index is 9.00. The van der Waals surface area contributed by atoms with Crippen LogP contribution in [0.1, 0.15) is 12.5 Å². The molecule has 6 heteroatoms. The van der Waals surface area contributed by atoms with Crippen molar-refractivity contribution in [3.8, 4) is 6.07 Å². The van der Waals surface area contributed by atoms with Crippen LogP contribution < -0.4 is 5.73 Å². The number of aromatic nitrogens is 3. The fraction of sp³-hybridized carbons (Fsp3) is 0.222. The first-order valence-corrected chi connectivity index (χ1v) is 5.42. The van der Waals surface area contributed by atoms with Crippen molar-refractivity contribution in [1.29, 1.82) is 5.26 Å². The van der Waals surface area contributed by atoms with Crippen molar-refractivity contribution >= 4 is 23.2 Å². The molecule has 0 aliphatic rings. The van der Waals surface area contributed by atoms with E-state index in [0.717, 1.165) is 5.75 Å². The zero-order chi connectivity index (χ0) is 10.8. The molecule has 0 unspecified atom stereocenters. The van der Waals surface area contributed by atoms with E-state index in [1.165, 1.54) is 16.3 Å². The molecule has 2 aromatic heterocycles. The molecule has 0 bridgehead atoms. The van der Waals surface area contributed by atoms with Crippen molar-refractivity contribution in [1.82, 2.24) is 14.6 Å². The van der Waals surface area contributed by atoms with Gasteiger partial charge in [0.2, 0.25) is 0 Å². The summed E-state index contributed by atoms with van der Waals surface area (Å²) in [4.78, 5) is 4.32. The van der Waals surface area contributed by atoms with Gasteiger partial charge in [0, 0.05) is 6.07 Å². The van der Waals surface area contributed by atoms with Gasteiger partial charge in [-0.05, 0) is 5.75 Å². The second kappa shape index (κ2) is 3.79. The average Bonchev–Trinajstić information content (AvgIpc) is 2.67. The monoisotopic (exact) mass is 219 g/mol. The number of rotatable bonds is 2. The maximum Gasteiger partial charge on any atom is 0.158 e. The topological polar surface area (TPSA) is 80.0 Å².